The second-order valence-electron chi connectivity index (χ2n) is 3.35. The van der Waals surface area contributed by atoms with Crippen molar-refractivity contribution >= 4 is 17.6 Å². The summed E-state index contributed by atoms with van der Waals surface area (Å²) in [6.07, 6.45) is 0. The first kappa shape index (κ1) is 11.0. The van der Waals surface area contributed by atoms with E-state index in [2.05, 4.69) is 0 Å². The summed E-state index contributed by atoms with van der Waals surface area (Å²) < 4.78 is 0. The van der Waals surface area contributed by atoms with Crippen LogP contribution in [0.3, 0.4) is 0 Å². The number of aromatic carboxylic acids is 1. The number of hydrogen-bond acceptors (Lipinski definition) is 2. The van der Waals surface area contributed by atoms with Gasteiger partial charge in [0, 0.05) is 11.6 Å². The molecule has 3 nitrogen and oxygen atoms in total. The highest BCUT2D eigenvalue weighted by Crippen LogP contribution is 2.18. The van der Waals surface area contributed by atoms with Crippen LogP contribution in [0.15, 0.2) is 18.2 Å². The molecule has 1 rings (SSSR count). The van der Waals surface area contributed by atoms with Crippen LogP contribution in [0.4, 0.5) is 0 Å². The Morgan fingerprint density at radius 3 is 2.57 bits per heavy atom. The van der Waals surface area contributed by atoms with Crippen molar-refractivity contribution in [1.82, 2.24) is 4.90 Å². The molecule has 0 fully saturated rings. The van der Waals surface area contributed by atoms with E-state index in [4.69, 9.17) is 16.7 Å². The molecule has 4 heteroatoms. The van der Waals surface area contributed by atoms with Crippen LogP contribution in [0.1, 0.15) is 15.9 Å². The predicted octanol–water partition coefficient (Wildman–Crippen LogP) is 2.10. The SMILES string of the molecule is CN(C)Cc1ccc(C(=O)O)cc1Cl. The van der Waals surface area contributed by atoms with Crippen molar-refractivity contribution in [3.63, 3.8) is 0 Å². The van der Waals surface area contributed by atoms with Crippen molar-refractivity contribution in [3.05, 3.63) is 34.3 Å². The number of carbonyl (C=O) groups is 1. The van der Waals surface area contributed by atoms with Gasteiger partial charge in [-0.3, -0.25) is 0 Å². The van der Waals surface area contributed by atoms with E-state index in [9.17, 15) is 4.79 Å². The van der Waals surface area contributed by atoms with Crippen LogP contribution in [0.25, 0.3) is 0 Å². The van der Waals surface area contributed by atoms with Gasteiger partial charge >= 0.3 is 5.97 Å². The van der Waals surface area contributed by atoms with Gasteiger partial charge in [0.25, 0.3) is 0 Å². The zero-order valence-corrected chi connectivity index (χ0v) is 8.88. The second-order valence-corrected chi connectivity index (χ2v) is 3.76. The number of rotatable bonds is 3. The van der Waals surface area contributed by atoms with E-state index >= 15 is 0 Å². The molecule has 1 aromatic rings. The molecule has 0 spiro atoms. The molecule has 0 saturated heterocycles. The average Bonchev–Trinajstić information content (AvgIpc) is 2.07. The van der Waals surface area contributed by atoms with E-state index in [1.165, 1.54) is 6.07 Å². The lowest BCUT2D eigenvalue weighted by atomic mass is 10.1. The Balaban J connectivity index is 2.95. The molecule has 0 aliphatic rings. The zero-order chi connectivity index (χ0) is 10.7. The van der Waals surface area contributed by atoms with E-state index in [1.54, 1.807) is 12.1 Å². The molecule has 0 amide bonds. The Hall–Kier alpha value is -1.06. The molecule has 0 aromatic heterocycles. The molecule has 0 aliphatic carbocycles. The van der Waals surface area contributed by atoms with Crippen LogP contribution in [0, 0.1) is 0 Å². The number of hydrogen-bond donors (Lipinski definition) is 1. The van der Waals surface area contributed by atoms with Gasteiger partial charge in [-0.2, -0.15) is 0 Å². The average molecular weight is 214 g/mol. The maximum absolute atomic E-state index is 10.6. The quantitative estimate of drug-likeness (QED) is 0.836. The maximum atomic E-state index is 10.6. The number of halogens is 1. The molecule has 0 atom stereocenters. The minimum atomic E-state index is -0.955. The molecule has 0 unspecified atom stereocenters. The first-order chi connectivity index (χ1) is 6.50. The third-order valence-electron chi connectivity index (χ3n) is 1.79. The van der Waals surface area contributed by atoms with Crippen molar-refractivity contribution in [2.75, 3.05) is 14.1 Å². The lowest BCUT2D eigenvalue weighted by molar-refractivity contribution is 0.0697. The summed E-state index contributed by atoms with van der Waals surface area (Å²) in [5.41, 5.74) is 1.15. The van der Waals surface area contributed by atoms with Crippen LogP contribution in [-0.2, 0) is 6.54 Å². The van der Waals surface area contributed by atoms with Crippen LogP contribution in [0.5, 0.6) is 0 Å². The van der Waals surface area contributed by atoms with Gasteiger partial charge in [0.2, 0.25) is 0 Å². The van der Waals surface area contributed by atoms with E-state index in [0.717, 1.165) is 5.56 Å². The first-order valence-electron chi connectivity index (χ1n) is 4.17. The van der Waals surface area contributed by atoms with Crippen LogP contribution in [-0.4, -0.2) is 30.1 Å². The smallest absolute Gasteiger partial charge is 0.335 e. The summed E-state index contributed by atoms with van der Waals surface area (Å²) in [6, 6.07) is 4.78. The van der Waals surface area contributed by atoms with Crippen molar-refractivity contribution in [3.8, 4) is 0 Å². The summed E-state index contributed by atoms with van der Waals surface area (Å²) in [4.78, 5) is 12.6. The van der Waals surface area contributed by atoms with Crippen molar-refractivity contribution < 1.29 is 9.90 Å². The minimum absolute atomic E-state index is 0.220. The normalized spacial score (nSPS) is 10.6. The molecule has 1 N–H and O–H groups in total. The fourth-order valence-corrected chi connectivity index (χ4v) is 1.39. The van der Waals surface area contributed by atoms with Gasteiger partial charge in [-0.25, -0.2) is 4.79 Å². The molecular formula is C10H12ClNO2. The molecule has 0 saturated carbocycles. The van der Waals surface area contributed by atoms with Crippen LogP contribution < -0.4 is 0 Å². The summed E-state index contributed by atoms with van der Waals surface area (Å²) in [6.45, 7) is 0.707. The standard InChI is InChI=1S/C10H12ClNO2/c1-12(2)6-8-4-3-7(10(13)14)5-9(8)11/h3-5H,6H2,1-2H3,(H,13,14). The highest BCUT2D eigenvalue weighted by Gasteiger charge is 2.07. The molecular weight excluding hydrogens is 202 g/mol. The third-order valence-corrected chi connectivity index (χ3v) is 2.14. The molecule has 0 bridgehead atoms. The highest BCUT2D eigenvalue weighted by atomic mass is 35.5. The van der Waals surface area contributed by atoms with E-state index in [0.29, 0.717) is 11.6 Å². The van der Waals surface area contributed by atoms with Crippen molar-refractivity contribution in [1.29, 1.82) is 0 Å². The van der Waals surface area contributed by atoms with Gasteiger partial charge in [-0.05, 0) is 31.8 Å². The minimum Gasteiger partial charge on any atom is -0.478 e. The number of nitrogens with zero attached hydrogens (tertiary/aromatic N) is 1. The van der Waals surface area contributed by atoms with Crippen LogP contribution in [0.2, 0.25) is 5.02 Å². The highest BCUT2D eigenvalue weighted by molar-refractivity contribution is 6.31. The monoisotopic (exact) mass is 213 g/mol. The van der Waals surface area contributed by atoms with Gasteiger partial charge in [0.05, 0.1) is 5.56 Å². The molecule has 0 aliphatic heterocycles. The molecule has 1 aromatic carbocycles. The number of carboxylic acid groups (broad SMARTS) is 1. The lowest BCUT2D eigenvalue weighted by Crippen LogP contribution is -2.11. The van der Waals surface area contributed by atoms with Gasteiger partial charge < -0.3 is 10.0 Å². The van der Waals surface area contributed by atoms with Gasteiger partial charge in [0.15, 0.2) is 0 Å². The maximum Gasteiger partial charge on any atom is 0.335 e. The third kappa shape index (κ3) is 2.72. The van der Waals surface area contributed by atoms with E-state index in [-0.39, 0.29) is 5.56 Å². The topological polar surface area (TPSA) is 40.5 Å². The lowest BCUT2D eigenvalue weighted by Gasteiger charge is -2.11. The molecule has 0 heterocycles. The summed E-state index contributed by atoms with van der Waals surface area (Å²) in [5, 5.41) is 9.21. The van der Waals surface area contributed by atoms with Crippen molar-refractivity contribution in [2.24, 2.45) is 0 Å². The second kappa shape index (κ2) is 4.44. The Bertz CT molecular complexity index is 350. The van der Waals surface area contributed by atoms with Crippen molar-refractivity contribution in [2.45, 2.75) is 6.54 Å². The fraction of sp³-hybridized carbons (Fsp3) is 0.300. The molecule has 76 valence electrons. The Morgan fingerprint density at radius 2 is 2.14 bits per heavy atom. The first-order valence-corrected chi connectivity index (χ1v) is 4.55. The number of carboxylic acids is 1. The predicted molar refractivity (Wildman–Crippen MR) is 55.8 cm³/mol. The Kier molecular flexibility index (Phi) is 3.49. The summed E-state index contributed by atoms with van der Waals surface area (Å²) in [5.74, 6) is -0.955. The Morgan fingerprint density at radius 1 is 1.50 bits per heavy atom. The number of benzene rings is 1. The van der Waals surface area contributed by atoms with E-state index < -0.39 is 5.97 Å². The molecule has 0 radical (unpaired) electrons. The van der Waals surface area contributed by atoms with Gasteiger partial charge in [0.1, 0.15) is 0 Å². The fourth-order valence-electron chi connectivity index (χ4n) is 1.15. The largest absolute Gasteiger partial charge is 0.478 e. The molecule has 14 heavy (non-hydrogen) atoms. The summed E-state index contributed by atoms with van der Waals surface area (Å²) in [7, 11) is 3.86. The Labute approximate surface area is 87.9 Å². The van der Waals surface area contributed by atoms with E-state index in [1.807, 2.05) is 19.0 Å². The van der Waals surface area contributed by atoms with Gasteiger partial charge in [-0.15, -0.1) is 0 Å². The van der Waals surface area contributed by atoms with Gasteiger partial charge in [-0.1, -0.05) is 17.7 Å². The zero-order valence-electron chi connectivity index (χ0n) is 8.12. The van der Waals surface area contributed by atoms with Crippen LogP contribution >= 0.6 is 11.6 Å². The summed E-state index contributed by atoms with van der Waals surface area (Å²) >= 11 is 5.93.